The first-order chi connectivity index (χ1) is 10.0. The van der Waals surface area contributed by atoms with Crippen LogP contribution in [0.2, 0.25) is 10.0 Å². The summed E-state index contributed by atoms with van der Waals surface area (Å²) in [4.78, 5) is 16.6. The molecule has 1 aliphatic rings. The third kappa shape index (κ3) is 4.02. The number of carbonyl (C=O) groups excluding carboxylic acids is 1. The fraction of sp³-hybridized carbons (Fsp3) is 0.533. The number of likely N-dealkylation sites (N-methyl/N-ethyl adjacent to an activating group) is 1. The molecule has 0 N–H and O–H groups in total. The molecular weight excluding hydrogens is 311 g/mol. The van der Waals surface area contributed by atoms with E-state index in [2.05, 4.69) is 11.8 Å². The molecule has 4 nitrogen and oxygen atoms in total. The number of rotatable bonds is 4. The molecule has 6 heteroatoms. The van der Waals surface area contributed by atoms with Gasteiger partial charge in [-0.05, 0) is 18.2 Å². The number of halogens is 2. The highest BCUT2D eigenvalue weighted by Gasteiger charge is 2.21. The van der Waals surface area contributed by atoms with Crippen molar-refractivity contribution in [2.45, 2.75) is 13.3 Å². The Morgan fingerprint density at radius 1 is 1.19 bits per heavy atom. The molecule has 0 spiro atoms. The summed E-state index contributed by atoms with van der Waals surface area (Å²) in [5.74, 6) is 0.614. The standard InChI is InChI=1S/C15H20Cl2N2O2/c1-3-18-4-6-19(7-5-18)15(20)9-11-8-13(17)14(21-2)10-12(11)16/h8,10H,3-7,9H2,1-2H3. The van der Waals surface area contributed by atoms with Gasteiger partial charge in [-0.3, -0.25) is 4.79 Å². The van der Waals surface area contributed by atoms with Gasteiger partial charge in [-0.25, -0.2) is 0 Å². The summed E-state index contributed by atoms with van der Waals surface area (Å²) >= 11 is 12.3. The molecule has 2 rings (SSSR count). The van der Waals surface area contributed by atoms with Crippen LogP contribution in [0, 0.1) is 0 Å². The van der Waals surface area contributed by atoms with E-state index < -0.39 is 0 Å². The van der Waals surface area contributed by atoms with Gasteiger partial charge < -0.3 is 14.5 Å². The van der Waals surface area contributed by atoms with Gasteiger partial charge in [-0.15, -0.1) is 0 Å². The van der Waals surface area contributed by atoms with E-state index in [1.54, 1.807) is 12.1 Å². The molecule has 0 aromatic heterocycles. The zero-order chi connectivity index (χ0) is 15.4. The highest BCUT2D eigenvalue weighted by atomic mass is 35.5. The van der Waals surface area contributed by atoms with Crippen molar-refractivity contribution >= 4 is 29.1 Å². The van der Waals surface area contributed by atoms with Gasteiger partial charge in [0.1, 0.15) is 5.75 Å². The van der Waals surface area contributed by atoms with Gasteiger partial charge in [0.25, 0.3) is 0 Å². The summed E-state index contributed by atoms with van der Waals surface area (Å²) in [7, 11) is 1.54. The molecule has 0 unspecified atom stereocenters. The molecule has 21 heavy (non-hydrogen) atoms. The second-order valence-corrected chi connectivity index (χ2v) is 5.88. The summed E-state index contributed by atoms with van der Waals surface area (Å²) in [6.45, 7) is 6.57. The highest BCUT2D eigenvalue weighted by Crippen LogP contribution is 2.31. The maximum absolute atomic E-state index is 12.4. The molecule has 0 atom stereocenters. The fourth-order valence-corrected chi connectivity index (χ4v) is 2.93. The van der Waals surface area contributed by atoms with Gasteiger partial charge in [0.05, 0.1) is 18.6 Å². The molecule has 0 bridgehead atoms. The Morgan fingerprint density at radius 2 is 1.86 bits per heavy atom. The van der Waals surface area contributed by atoms with E-state index in [-0.39, 0.29) is 12.3 Å². The monoisotopic (exact) mass is 330 g/mol. The maximum Gasteiger partial charge on any atom is 0.227 e. The normalized spacial score (nSPS) is 16.1. The SMILES string of the molecule is CCN1CCN(C(=O)Cc2cc(Cl)c(OC)cc2Cl)CC1. The van der Waals surface area contributed by atoms with E-state index in [0.717, 1.165) is 38.3 Å². The zero-order valence-electron chi connectivity index (χ0n) is 12.4. The Bertz CT molecular complexity index is 515. The first kappa shape index (κ1) is 16.4. The number of methoxy groups -OCH3 is 1. The number of amides is 1. The van der Waals surface area contributed by atoms with Crippen molar-refractivity contribution in [3.63, 3.8) is 0 Å². The molecule has 1 heterocycles. The number of benzene rings is 1. The molecule has 116 valence electrons. The van der Waals surface area contributed by atoms with Crippen molar-refractivity contribution in [1.29, 1.82) is 0 Å². The van der Waals surface area contributed by atoms with Gasteiger partial charge in [0.2, 0.25) is 5.91 Å². The average molecular weight is 331 g/mol. The lowest BCUT2D eigenvalue weighted by Gasteiger charge is -2.34. The van der Waals surface area contributed by atoms with Crippen molar-refractivity contribution in [2.75, 3.05) is 39.8 Å². The van der Waals surface area contributed by atoms with Crippen molar-refractivity contribution < 1.29 is 9.53 Å². The summed E-state index contributed by atoms with van der Waals surface area (Å²) in [5.41, 5.74) is 0.741. The van der Waals surface area contributed by atoms with Crippen molar-refractivity contribution in [1.82, 2.24) is 9.80 Å². The average Bonchev–Trinajstić information content (AvgIpc) is 2.50. The molecule has 1 aromatic rings. The quantitative estimate of drug-likeness (QED) is 0.850. The van der Waals surface area contributed by atoms with E-state index in [4.69, 9.17) is 27.9 Å². The molecule has 1 aromatic carbocycles. The number of piperazine rings is 1. The number of nitrogens with zero attached hydrogens (tertiary/aromatic N) is 2. The fourth-order valence-electron chi connectivity index (χ4n) is 2.45. The predicted octanol–water partition coefficient (Wildman–Crippen LogP) is 2.71. The van der Waals surface area contributed by atoms with Crippen molar-refractivity contribution in [2.24, 2.45) is 0 Å². The highest BCUT2D eigenvalue weighted by molar-refractivity contribution is 6.34. The second-order valence-electron chi connectivity index (χ2n) is 5.07. The molecule has 1 fully saturated rings. The van der Waals surface area contributed by atoms with Crippen molar-refractivity contribution in [3.05, 3.63) is 27.7 Å². The lowest BCUT2D eigenvalue weighted by molar-refractivity contribution is -0.132. The molecule has 0 radical (unpaired) electrons. The van der Waals surface area contributed by atoms with Crippen LogP contribution in [0.25, 0.3) is 0 Å². The van der Waals surface area contributed by atoms with E-state index in [0.29, 0.717) is 15.8 Å². The summed E-state index contributed by atoms with van der Waals surface area (Å²) in [6.07, 6.45) is 0.272. The third-order valence-electron chi connectivity index (χ3n) is 3.83. The lowest BCUT2D eigenvalue weighted by atomic mass is 10.1. The minimum atomic E-state index is 0.0916. The summed E-state index contributed by atoms with van der Waals surface area (Å²) < 4.78 is 5.11. The van der Waals surface area contributed by atoms with Gasteiger partial charge in [0.15, 0.2) is 0 Å². The maximum atomic E-state index is 12.4. The van der Waals surface area contributed by atoms with Crippen LogP contribution < -0.4 is 4.74 Å². The topological polar surface area (TPSA) is 32.8 Å². The van der Waals surface area contributed by atoms with E-state index >= 15 is 0 Å². The minimum absolute atomic E-state index is 0.0916. The van der Waals surface area contributed by atoms with Crippen LogP contribution in [0.4, 0.5) is 0 Å². The minimum Gasteiger partial charge on any atom is -0.495 e. The van der Waals surface area contributed by atoms with Gasteiger partial charge >= 0.3 is 0 Å². The predicted molar refractivity (Wildman–Crippen MR) is 85.4 cm³/mol. The third-order valence-corrected chi connectivity index (χ3v) is 4.48. The first-order valence-corrected chi connectivity index (χ1v) is 7.82. The Kier molecular flexibility index (Phi) is 5.73. The van der Waals surface area contributed by atoms with Crippen LogP contribution in [-0.4, -0.2) is 55.5 Å². The molecule has 0 saturated carbocycles. The largest absolute Gasteiger partial charge is 0.495 e. The van der Waals surface area contributed by atoms with Crippen molar-refractivity contribution in [3.8, 4) is 5.75 Å². The Hall–Kier alpha value is -0.970. The summed E-state index contributed by atoms with van der Waals surface area (Å²) in [6, 6.07) is 3.37. The van der Waals surface area contributed by atoms with Crippen LogP contribution in [0.1, 0.15) is 12.5 Å². The van der Waals surface area contributed by atoms with Crippen LogP contribution in [0.15, 0.2) is 12.1 Å². The molecular formula is C15H20Cl2N2O2. The molecule has 1 saturated heterocycles. The van der Waals surface area contributed by atoms with Gasteiger partial charge in [-0.2, -0.15) is 0 Å². The molecule has 1 amide bonds. The Balaban J connectivity index is 2.01. The van der Waals surface area contributed by atoms with E-state index in [1.807, 2.05) is 4.90 Å². The van der Waals surface area contributed by atoms with E-state index in [9.17, 15) is 4.79 Å². The Morgan fingerprint density at radius 3 is 2.43 bits per heavy atom. The van der Waals surface area contributed by atoms with Gasteiger partial charge in [-0.1, -0.05) is 30.1 Å². The van der Waals surface area contributed by atoms with E-state index in [1.165, 1.54) is 7.11 Å². The first-order valence-electron chi connectivity index (χ1n) is 7.07. The van der Waals surface area contributed by atoms with Gasteiger partial charge in [0, 0.05) is 37.3 Å². The second kappa shape index (κ2) is 7.34. The Labute approximate surface area is 135 Å². The number of hydrogen-bond acceptors (Lipinski definition) is 3. The smallest absolute Gasteiger partial charge is 0.227 e. The van der Waals surface area contributed by atoms with Crippen LogP contribution in [0.5, 0.6) is 5.75 Å². The number of hydrogen-bond donors (Lipinski definition) is 0. The molecule has 1 aliphatic heterocycles. The number of ether oxygens (including phenoxy) is 1. The number of carbonyl (C=O) groups is 1. The van der Waals surface area contributed by atoms with Crippen LogP contribution in [-0.2, 0) is 11.2 Å². The lowest BCUT2D eigenvalue weighted by Crippen LogP contribution is -2.48. The van der Waals surface area contributed by atoms with Crippen LogP contribution >= 0.6 is 23.2 Å². The zero-order valence-corrected chi connectivity index (χ0v) is 13.9. The van der Waals surface area contributed by atoms with Crippen LogP contribution in [0.3, 0.4) is 0 Å². The molecule has 0 aliphatic carbocycles. The summed E-state index contributed by atoms with van der Waals surface area (Å²) in [5, 5.41) is 0.984.